The first-order valence-corrected chi connectivity index (χ1v) is 6.84. The van der Waals surface area contributed by atoms with Crippen LogP contribution in [0.1, 0.15) is 25.1 Å². The Kier molecular flexibility index (Phi) is 4.54. The summed E-state index contributed by atoms with van der Waals surface area (Å²) < 4.78 is 6.82. The molecular formula is C14H14INO2. The number of aromatic nitrogens is 1. The van der Waals surface area contributed by atoms with Gasteiger partial charge in [0.05, 0.1) is 18.0 Å². The number of rotatable bonds is 4. The van der Waals surface area contributed by atoms with E-state index >= 15 is 0 Å². The fourth-order valence-electron chi connectivity index (χ4n) is 1.50. The topological polar surface area (TPSA) is 42.4 Å². The van der Waals surface area contributed by atoms with Crippen molar-refractivity contribution in [1.82, 2.24) is 4.98 Å². The van der Waals surface area contributed by atoms with Gasteiger partial charge in [0.25, 0.3) is 0 Å². The number of pyridine rings is 1. The quantitative estimate of drug-likeness (QED) is 0.846. The summed E-state index contributed by atoms with van der Waals surface area (Å²) in [5.74, 6) is 1.45. The highest BCUT2D eigenvalue weighted by atomic mass is 127. The van der Waals surface area contributed by atoms with Crippen molar-refractivity contribution in [2.24, 2.45) is 0 Å². The minimum absolute atomic E-state index is 0.502. The Morgan fingerprint density at radius 3 is 2.39 bits per heavy atom. The maximum Gasteiger partial charge on any atom is 0.145 e. The monoisotopic (exact) mass is 355 g/mol. The highest BCUT2D eigenvalue weighted by Gasteiger charge is 2.06. The van der Waals surface area contributed by atoms with Crippen LogP contribution in [0.15, 0.2) is 42.6 Å². The lowest BCUT2D eigenvalue weighted by Gasteiger charge is -2.09. The van der Waals surface area contributed by atoms with E-state index in [0.29, 0.717) is 17.9 Å². The van der Waals surface area contributed by atoms with E-state index in [1.165, 1.54) is 3.57 Å². The van der Waals surface area contributed by atoms with E-state index in [2.05, 4.69) is 27.6 Å². The Bertz CT molecular complexity index is 496. The van der Waals surface area contributed by atoms with Crippen LogP contribution in [0, 0.1) is 3.57 Å². The van der Waals surface area contributed by atoms with E-state index in [0.717, 1.165) is 5.75 Å². The number of aliphatic hydroxyl groups excluding tert-OH is 1. The Morgan fingerprint density at radius 1 is 1.17 bits per heavy atom. The van der Waals surface area contributed by atoms with Crippen LogP contribution >= 0.6 is 22.6 Å². The SMILES string of the molecule is CC[C@H](O)c1ccc(Oc2ccc(I)cc2)cn1. The highest BCUT2D eigenvalue weighted by molar-refractivity contribution is 14.1. The van der Waals surface area contributed by atoms with E-state index in [4.69, 9.17) is 4.74 Å². The number of hydrogen-bond acceptors (Lipinski definition) is 3. The second kappa shape index (κ2) is 6.15. The molecule has 0 aliphatic rings. The molecule has 18 heavy (non-hydrogen) atoms. The van der Waals surface area contributed by atoms with Crippen molar-refractivity contribution in [1.29, 1.82) is 0 Å². The molecule has 0 fully saturated rings. The van der Waals surface area contributed by atoms with Crippen molar-refractivity contribution in [3.05, 3.63) is 51.9 Å². The molecule has 0 saturated heterocycles. The third-order valence-corrected chi connectivity index (χ3v) is 3.26. The lowest BCUT2D eigenvalue weighted by Crippen LogP contribution is -1.98. The Morgan fingerprint density at radius 2 is 1.83 bits per heavy atom. The van der Waals surface area contributed by atoms with Gasteiger partial charge in [-0.1, -0.05) is 6.92 Å². The second-order valence-electron chi connectivity index (χ2n) is 3.90. The molecule has 4 heteroatoms. The number of halogens is 1. The van der Waals surface area contributed by atoms with Crippen molar-refractivity contribution in [3.8, 4) is 11.5 Å². The van der Waals surface area contributed by atoms with Gasteiger partial charge < -0.3 is 9.84 Å². The van der Waals surface area contributed by atoms with Gasteiger partial charge in [-0.25, -0.2) is 0 Å². The third kappa shape index (κ3) is 3.43. The summed E-state index contributed by atoms with van der Waals surface area (Å²) in [6.07, 6.45) is 1.79. The van der Waals surface area contributed by atoms with E-state index in [9.17, 15) is 5.11 Å². The van der Waals surface area contributed by atoms with Crippen molar-refractivity contribution in [2.45, 2.75) is 19.4 Å². The van der Waals surface area contributed by atoms with Gasteiger partial charge in [-0.2, -0.15) is 0 Å². The van der Waals surface area contributed by atoms with Gasteiger partial charge in [-0.3, -0.25) is 4.98 Å². The molecule has 0 radical (unpaired) electrons. The molecule has 1 N–H and O–H groups in total. The summed E-state index contributed by atoms with van der Waals surface area (Å²) in [4.78, 5) is 4.19. The zero-order valence-corrected chi connectivity index (χ0v) is 12.2. The molecule has 3 nitrogen and oxygen atoms in total. The number of nitrogens with zero attached hydrogens (tertiary/aromatic N) is 1. The first-order chi connectivity index (χ1) is 8.69. The van der Waals surface area contributed by atoms with Crippen LogP contribution in [-0.4, -0.2) is 10.1 Å². The molecular weight excluding hydrogens is 341 g/mol. The van der Waals surface area contributed by atoms with Crippen molar-refractivity contribution >= 4 is 22.6 Å². The predicted octanol–water partition coefficient (Wildman–Crippen LogP) is 3.92. The molecule has 0 aliphatic carbocycles. The number of hydrogen-bond donors (Lipinski definition) is 1. The lowest BCUT2D eigenvalue weighted by atomic mass is 10.2. The van der Waals surface area contributed by atoms with Crippen molar-refractivity contribution in [2.75, 3.05) is 0 Å². The summed E-state index contributed by atoms with van der Waals surface area (Å²) in [5.41, 5.74) is 0.674. The smallest absolute Gasteiger partial charge is 0.145 e. The summed E-state index contributed by atoms with van der Waals surface area (Å²) in [6, 6.07) is 11.4. The van der Waals surface area contributed by atoms with Crippen LogP contribution in [-0.2, 0) is 0 Å². The van der Waals surface area contributed by atoms with Gasteiger partial charge in [0.2, 0.25) is 0 Å². The fourth-order valence-corrected chi connectivity index (χ4v) is 1.86. The van der Waals surface area contributed by atoms with E-state index in [1.807, 2.05) is 37.3 Å². The van der Waals surface area contributed by atoms with Crippen molar-refractivity contribution in [3.63, 3.8) is 0 Å². The molecule has 0 saturated carbocycles. The van der Waals surface area contributed by atoms with Gasteiger partial charge in [0, 0.05) is 3.57 Å². The molecule has 1 aromatic carbocycles. The maximum absolute atomic E-state index is 9.64. The normalized spacial score (nSPS) is 12.2. The first kappa shape index (κ1) is 13.3. The van der Waals surface area contributed by atoms with Gasteiger partial charge in [0.1, 0.15) is 11.5 Å². The Balaban J connectivity index is 2.08. The molecule has 94 valence electrons. The average Bonchev–Trinajstić information content (AvgIpc) is 2.41. The predicted molar refractivity (Wildman–Crippen MR) is 78.7 cm³/mol. The van der Waals surface area contributed by atoms with E-state index < -0.39 is 6.10 Å². The highest BCUT2D eigenvalue weighted by Crippen LogP contribution is 2.23. The number of ether oxygens (including phenoxy) is 1. The molecule has 0 unspecified atom stereocenters. The Hall–Kier alpha value is -1.14. The molecule has 2 rings (SSSR count). The average molecular weight is 355 g/mol. The molecule has 1 heterocycles. The number of benzene rings is 1. The minimum atomic E-state index is -0.502. The fraction of sp³-hybridized carbons (Fsp3) is 0.214. The van der Waals surface area contributed by atoms with Crippen LogP contribution in [0.5, 0.6) is 11.5 Å². The summed E-state index contributed by atoms with van der Waals surface area (Å²) >= 11 is 2.25. The summed E-state index contributed by atoms with van der Waals surface area (Å²) in [7, 11) is 0. The molecule has 0 amide bonds. The zero-order chi connectivity index (χ0) is 13.0. The molecule has 1 aromatic heterocycles. The third-order valence-electron chi connectivity index (χ3n) is 2.54. The number of aliphatic hydroxyl groups is 1. The minimum Gasteiger partial charge on any atom is -0.456 e. The first-order valence-electron chi connectivity index (χ1n) is 5.76. The van der Waals surface area contributed by atoms with Crippen LogP contribution in [0.3, 0.4) is 0 Å². The largest absolute Gasteiger partial charge is 0.456 e. The van der Waals surface area contributed by atoms with Gasteiger partial charge in [-0.15, -0.1) is 0 Å². The lowest BCUT2D eigenvalue weighted by molar-refractivity contribution is 0.169. The zero-order valence-electron chi connectivity index (χ0n) is 10.0. The summed E-state index contributed by atoms with van der Waals surface area (Å²) in [5, 5.41) is 9.64. The maximum atomic E-state index is 9.64. The van der Waals surface area contributed by atoms with E-state index in [1.54, 1.807) is 12.3 Å². The molecule has 0 bridgehead atoms. The van der Waals surface area contributed by atoms with Crippen LogP contribution in [0.4, 0.5) is 0 Å². The summed E-state index contributed by atoms with van der Waals surface area (Å²) in [6.45, 7) is 1.92. The van der Waals surface area contributed by atoms with Gasteiger partial charge in [0.15, 0.2) is 0 Å². The standard InChI is InChI=1S/C14H14INO2/c1-2-14(17)13-8-7-12(9-16-13)18-11-5-3-10(15)4-6-11/h3-9,14,17H,2H2,1H3/t14-/m0/s1. The van der Waals surface area contributed by atoms with Gasteiger partial charge in [-0.05, 0) is 65.4 Å². The van der Waals surface area contributed by atoms with Crippen molar-refractivity contribution < 1.29 is 9.84 Å². The van der Waals surface area contributed by atoms with Crippen LogP contribution in [0.25, 0.3) is 0 Å². The second-order valence-corrected chi connectivity index (χ2v) is 5.14. The van der Waals surface area contributed by atoms with Crippen LogP contribution in [0.2, 0.25) is 0 Å². The molecule has 2 aromatic rings. The van der Waals surface area contributed by atoms with Crippen LogP contribution < -0.4 is 4.74 Å². The molecule has 1 atom stereocenters. The molecule has 0 spiro atoms. The van der Waals surface area contributed by atoms with E-state index in [-0.39, 0.29) is 0 Å². The molecule has 0 aliphatic heterocycles. The Labute approximate surface area is 120 Å². The van der Waals surface area contributed by atoms with Gasteiger partial charge >= 0.3 is 0 Å².